The number of anilines is 1. The van der Waals surface area contributed by atoms with Gasteiger partial charge in [0, 0.05) is 12.1 Å². The Balaban J connectivity index is 2.15. The molecule has 0 aliphatic carbocycles. The Morgan fingerprint density at radius 3 is 2.58 bits per heavy atom. The Morgan fingerprint density at radius 2 is 1.96 bits per heavy atom. The van der Waals surface area contributed by atoms with Gasteiger partial charge in [-0.2, -0.15) is 0 Å². The monoisotopic (exact) mass is 350 g/mol. The summed E-state index contributed by atoms with van der Waals surface area (Å²) in [5.74, 6) is 0.181. The molecule has 24 heavy (non-hydrogen) atoms. The van der Waals surface area contributed by atoms with Crippen LogP contribution in [0.4, 0.5) is 11.4 Å². The fourth-order valence-electron chi connectivity index (χ4n) is 1.93. The van der Waals surface area contributed by atoms with E-state index in [2.05, 4.69) is 5.32 Å². The zero-order chi connectivity index (χ0) is 17.7. The van der Waals surface area contributed by atoms with Gasteiger partial charge < -0.3 is 14.8 Å². The van der Waals surface area contributed by atoms with Crippen molar-refractivity contribution in [3.63, 3.8) is 0 Å². The first-order valence-electron chi connectivity index (χ1n) is 6.97. The number of nitrogens with zero attached hydrogens (tertiary/aromatic N) is 1. The summed E-state index contributed by atoms with van der Waals surface area (Å²) in [4.78, 5) is 22.6. The summed E-state index contributed by atoms with van der Waals surface area (Å²) in [5, 5.41) is 13.8. The second kappa shape index (κ2) is 7.65. The van der Waals surface area contributed by atoms with Gasteiger partial charge in [0.25, 0.3) is 11.6 Å². The first-order chi connectivity index (χ1) is 11.4. The minimum absolute atomic E-state index is 0.161. The van der Waals surface area contributed by atoms with Gasteiger partial charge in [0.2, 0.25) is 0 Å². The van der Waals surface area contributed by atoms with E-state index in [4.69, 9.17) is 21.1 Å². The molecule has 0 aliphatic rings. The summed E-state index contributed by atoms with van der Waals surface area (Å²) in [6.07, 6.45) is -0.867. The molecule has 0 saturated heterocycles. The Hall–Kier alpha value is -2.80. The molecule has 1 atom stereocenters. The van der Waals surface area contributed by atoms with Gasteiger partial charge in [0.1, 0.15) is 11.5 Å². The van der Waals surface area contributed by atoms with Crippen molar-refractivity contribution in [2.75, 3.05) is 12.4 Å². The van der Waals surface area contributed by atoms with E-state index < -0.39 is 16.9 Å². The number of para-hydroxylation sites is 1. The summed E-state index contributed by atoms with van der Waals surface area (Å²) in [6, 6.07) is 10.7. The third-order valence-corrected chi connectivity index (χ3v) is 3.47. The highest BCUT2D eigenvalue weighted by molar-refractivity contribution is 6.32. The molecule has 0 radical (unpaired) electrons. The molecule has 0 bridgehead atoms. The third-order valence-electron chi connectivity index (χ3n) is 3.16. The largest absolute Gasteiger partial charge is 0.495 e. The number of rotatable bonds is 6. The molecule has 0 aliphatic heterocycles. The van der Waals surface area contributed by atoms with Crippen LogP contribution < -0.4 is 14.8 Å². The van der Waals surface area contributed by atoms with E-state index in [1.54, 1.807) is 31.2 Å². The average Bonchev–Trinajstić information content (AvgIpc) is 2.56. The van der Waals surface area contributed by atoms with Gasteiger partial charge in [0.05, 0.1) is 22.7 Å². The molecular formula is C16H15ClN2O5. The maximum absolute atomic E-state index is 12.3. The van der Waals surface area contributed by atoms with Crippen LogP contribution in [0.25, 0.3) is 0 Å². The Labute approximate surface area is 143 Å². The minimum atomic E-state index is -0.867. The van der Waals surface area contributed by atoms with Crippen LogP contribution in [0.3, 0.4) is 0 Å². The molecule has 1 amide bonds. The number of hydrogen-bond donors (Lipinski definition) is 1. The molecule has 2 rings (SSSR count). The lowest BCUT2D eigenvalue weighted by Crippen LogP contribution is -2.30. The highest BCUT2D eigenvalue weighted by Gasteiger charge is 2.19. The van der Waals surface area contributed by atoms with Gasteiger partial charge in [0.15, 0.2) is 6.10 Å². The van der Waals surface area contributed by atoms with Crippen molar-refractivity contribution in [3.05, 3.63) is 57.6 Å². The summed E-state index contributed by atoms with van der Waals surface area (Å²) in [5.41, 5.74) is 0.0251. The van der Waals surface area contributed by atoms with Crippen LogP contribution in [0.1, 0.15) is 6.92 Å². The molecule has 0 aromatic heterocycles. The number of nitro benzene ring substituents is 1. The molecule has 7 nitrogen and oxygen atoms in total. The lowest BCUT2D eigenvalue weighted by atomic mass is 10.2. The van der Waals surface area contributed by atoms with E-state index in [0.717, 1.165) is 0 Å². The topological polar surface area (TPSA) is 90.7 Å². The van der Waals surface area contributed by atoms with E-state index in [0.29, 0.717) is 16.5 Å². The van der Waals surface area contributed by atoms with Crippen LogP contribution >= 0.6 is 11.6 Å². The zero-order valence-electron chi connectivity index (χ0n) is 13.0. The molecule has 0 saturated carbocycles. The number of carbonyl (C=O) groups is 1. The summed E-state index contributed by atoms with van der Waals surface area (Å²) in [6.45, 7) is 1.54. The molecule has 0 spiro atoms. The smallest absolute Gasteiger partial charge is 0.271 e. The summed E-state index contributed by atoms with van der Waals surface area (Å²) < 4.78 is 10.6. The second-order valence-corrected chi connectivity index (χ2v) is 5.23. The van der Waals surface area contributed by atoms with Gasteiger partial charge in [-0.05, 0) is 25.1 Å². The highest BCUT2D eigenvalue weighted by Crippen LogP contribution is 2.29. The van der Waals surface area contributed by atoms with Crippen molar-refractivity contribution in [2.24, 2.45) is 0 Å². The lowest BCUT2D eigenvalue weighted by Gasteiger charge is -2.16. The number of non-ortho nitro benzene ring substituents is 1. The predicted octanol–water partition coefficient (Wildman–Crippen LogP) is 3.66. The maximum atomic E-state index is 12.3. The SMILES string of the molecule is COc1ccc([N+](=O)[O-])cc1NC(=O)[C@H](C)Oc1ccccc1Cl. The Kier molecular flexibility index (Phi) is 5.59. The third kappa shape index (κ3) is 4.14. The van der Waals surface area contributed by atoms with Gasteiger partial charge in [-0.25, -0.2) is 0 Å². The molecule has 126 valence electrons. The fraction of sp³-hybridized carbons (Fsp3) is 0.188. The molecule has 8 heteroatoms. The number of carbonyl (C=O) groups excluding carboxylic acids is 1. The van der Waals surface area contributed by atoms with Gasteiger partial charge in [-0.3, -0.25) is 14.9 Å². The first kappa shape index (κ1) is 17.6. The van der Waals surface area contributed by atoms with Crippen molar-refractivity contribution in [2.45, 2.75) is 13.0 Å². The predicted molar refractivity (Wildman–Crippen MR) is 89.8 cm³/mol. The van der Waals surface area contributed by atoms with Crippen molar-refractivity contribution >= 4 is 28.9 Å². The minimum Gasteiger partial charge on any atom is -0.495 e. The molecule has 2 aromatic carbocycles. The van der Waals surface area contributed by atoms with Crippen LogP contribution in [0.2, 0.25) is 5.02 Å². The summed E-state index contributed by atoms with van der Waals surface area (Å²) in [7, 11) is 1.40. The molecule has 0 unspecified atom stereocenters. The van der Waals surface area contributed by atoms with Crippen LogP contribution in [-0.2, 0) is 4.79 Å². The van der Waals surface area contributed by atoms with Crippen molar-refractivity contribution < 1.29 is 19.2 Å². The number of methoxy groups -OCH3 is 1. The Bertz CT molecular complexity index is 766. The fourth-order valence-corrected chi connectivity index (χ4v) is 2.11. The quantitative estimate of drug-likeness (QED) is 0.634. The summed E-state index contributed by atoms with van der Waals surface area (Å²) >= 11 is 5.98. The standard InChI is InChI=1S/C16H15ClN2O5/c1-10(24-14-6-4-3-5-12(14)17)16(20)18-13-9-11(19(21)22)7-8-15(13)23-2/h3-10H,1-2H3,(H,18,20)/t10-/m0/s1. The number of amides is 1. The van der Waals surface area contributed by atoms with Crippen LogP contribution in [-0.4, -0.2) is 24.0 Å². The van der Waals surface area contributed by atoms with Crippen molar-refractivity contribution in [1.29, 1.82) is 0 Å². The molecule has 0 fully saturated rings. The molecule has 2 aromatic rings. The number of benzene rings is 2. The van der Waals surface area contributed by atoms with E-state index in [9.17, 15) is 14.9 Å². The van der Waals surface area contributed by atoms with Crippen LogP contribution in [0.5, 0.6) is 11.5 Å². The van der Waals surface area contributed by atoms with Crippen molar-refractivity contribution in [3.8, 4) is 11.5 Å². The van der Waals surface area contributed by atoms with Crippen LogP contribution in [0.15, 0.2) is 42.5 Å². The molecular weight excluding hydrogens is 336 g/mol. The molecule has 0 heterocycles. The highest BCUT2D eigenvalue weighted by atomic mass is 35.5. The zero-order valence-corrected chi connectivity index (χ0v) is 13.7. The number of nitro groups is 1. The number of hydrogen-bond acceptors (Lipinski definition) is 5. The first-order valence-corrected chi connectivity index (χ1v) is 7.34. The van der Waals surface area contributed by atoms with Gasteiger partial charge in [-0.15, -0.1) is 0 Å². The van der Waals surface area contributed by atoms with E-state index in [-0.39, 0.29) is 11.4 Å². The van der Waals surface area contributed by atoms with E-state index in [1.165, 1.54) is 25.3 Å². The van der Waals surface area contributed by atoms with Gasteiger partial charge in [-0.1, -0.05) is 23.7 Å². The van der Waals surface area contributed by atoms with Crippen molar-refractivity contribution in [1.82, 2.24) is 0 Å². The number of halogens is 1. The molecule has 1 N–H and O–H groups in total. The number of nitrogens with one attached hydrogen (secondary N) is 1. The maximum Gasteiger partial charge on any atom is 0.271 e. The normalized spacial score (nSPS) is 11.5. The lowest BCUT2D eigenvalue weighted by molar-refractivity contribution is -0.384. The average molecular weight is 351 g/mol. The Morgan fingerprint density at radius 1 is 1.25 bits per heavy atom. The van der Waals surface area contributed by atoms with Gasteiger partial charge >= 0.3 is 0 Å². The number of ether oxygens (including phenoxy) is 2. The second-order valence-electron chi connectivity index (χ2n) is 4.82. The van der Waals surface area contributed by atoms with E-state index >= 15 is 0 Å². The van der Waals surface area contributed by atoms with Crippen LogP contribution in [0, 0.1) is 10.1 Å². The van der Waals surface area contributed by atoms with E-state index in [1.807, 2.05) is 0 Å².